The van der Waals surface area contributed by atoms with E-state index in [1.165, 1.54) is 44.6 Å². The summed E-state index contributed by atoms with van der Waals surface area (Å²) in [5.74, 6) is 0. The highest BCUT2D eigenvalue weighted by molar-refractivity contribution is 6.77. The summed E-state index contributed by atoms with van der Waals surface area (Å²) in [6.45, 7) is 22.7. The van der Waals surface area contributed by atoms with Gasteiger partial charge in [0, 0.05) is 14.2 Å². The molecule has 0 N–H and O–H groups in total. The van der Waals surface area contributed by atoms with Crippen LogP contribution in [0.1, 0.15) is 69.2 Å². The topological polar surface area (TPSA) is 18.5 Å². The average Bonchev–Trinajstić information content (AvgIpc) is 2.85. The number of rotatable bonds is 4. The normalized spacial score (nSPS) is 23.5. The van der Waals surface area contributed by atoms with E-state index in [1.54, 1.807) is 0 Å². The maximum atomic E-state index is 6.52. The molecule has 0 aromatic carbocycles. The minimum atomic E-state index is -2.78. The van der Waals surface area contributed by atoms with Gasteiger partial charge in [0.25, 0.3) is 0 Å². The third-order valence-corrected chi connectivity index (χ3v) is 13.5. The first-order valence-electron chi connectivity index (χ1n) is 9.22. The van der Waals surface area contributed by atoms with Gasteiger partial charge < -0.3 is 8.85 Å². The number of allylic oxidation sites excluding steroid dienone is 8. The summed E-state index contributed by atoms with van der Waals surface area (Å²) in [7, 11) is 0.944. The Morgan fingerprint density at radius 3 is 0.880 bits per heavy atom. The third-order valence-electron chi connectivity index (χ3n) is 8.27. The minimum Gasteiger partial charge on any atom is -0.396 e. The first kappa shape index (κ1) is 20.4. The second-order valence-electron chi connectivity index (χ2n) is 8.27. The van der Waals surface area contributed by atoms with Crippen LogP contribution in [-0.4, -0.2) is 22.8 Å². The van der Waals surface area contributed by atoms with E-state index in [0.717, 1.165) is 0 Å². The van der Waals surface area contributed by atoms with Crippen molar-refractivity contribution in [2.45, 2.75) is 79.3 Å². The van der Waals surface area contributed by atoms with Gasteiger partial charge in [-0.3, -0.25) is 0 Å². The van der Waals surface area contributed by atoms with E-state index < -0.39 is 8.56 Å². The van der Waals surface area contributed by atoms with Gasteiger partial charge in [-0.1, -0.05) is 22.3 Å². The number of hydrogen-bond donors (Lipinski definition) is 0. The van der Waals surface area contributed by atoms with Gasteiger partial charge in [0.1, 0.15) is 0 Å². The van der Waals surface area contributed by atoms with Crippen LogP contribution in [0, 0.1) is 0 Å². The highest BCUT2D eigenvalue weighted by Crippen LogP contribution is 2.70. The first-order chi connectivity index (χ1) is 11.4. The molecule has 25 heavy (non-hydrogen) atoms. The van der Waals surface area contributed by atoms with Crippen LogP contribution in [-0.2, 0) is 8.85 Å². The molecule has 0 saturated carbocycles. The maximum absolute atomic E-state index is 6.52. The van der Waals surface area contributed by atoms with Gasteiger partial charge in [-0.15, -0.1) is 0 Å². The largest absolute Gasteiger partial charge is 0.396 e. The van der Waals surface area contributed by atoms with Gasteiger partial charge in [0.2, 0.25) is 0 Å². The van der Waals surface area contributed by atoms with Crippen LogP contribution in [0.4, 0.5) is 0 Å². The Hall–Kier alpha value is -0.903. The molecule has 0 amide bonds. The monoisotopic (exact) mass is 360 g/mol. The zero-order valence-electron chi connectivity index (χ0n) is 18.3. The molecule has 0 heterocycles. The van der Waals surface area contributed by atoms with Crippen LogP contribution in [0.2, 0.25) is 10.1 Å². The summed E-state index contributed by atoms with van der Waals surface area (Å²) in [4.78, 5) is 0. The van der Waals surface area contributed by atoms with Crippen molar-refractivity contribution >= 4 is 8.56 Å². The molecule has 0 aromatic rings. The molecule has 0 fully saturated rings. The summed E-state index contributed by atoms with van der Waals surface area (Å²) in [5.41, 5.74) is 11.2. The van der Waals surface area contributed by atoms with Crippen LogP contribution in [0.15, 0.2) is 44.6 Å². The molecule has 0 radical (unpaired) electrons. The second-order valence-corrected chi connectivity index (χ2v) is 12.3. The molecular weight excluding hydrogens is 324 g/mol. The van der Waals surface area contributed by atoms with E-state index in [4.69, 9.17) is 8.85 Å². The summed E-state index contributed by atoms with van der Waals surface area (Å²) < 4.78 is 13.0. The molecule has 0 aromatic heterocycles. The van der Waals surface area contributed by atoms with E-state index in [2.05, 4.69) is 69.2 Å². The van der Waals surface area contributed by atoms with Crippen molar-refractivity contribution in [3.63, 3.8) is 0 Å². The first-order valence-corrected chi connectivity index (χ1v) is 11.0. The fraction of sp³-hybridized carbons (Fsp3) is 0.636. The summed E-state index contributed by atoms with van der Waals surface area (Å²) in [6, 6.07) is 0. The molecule has 0 saturated heterocycles. The van der Waals surface area contributed by atoms with Gasteiger partial charge >= 0.3 is 8.56 Å². The highest BCUT2D eigenvalue weighted by atomic mass is 28.4. The van der Waals surface area contributed by atoms with E-state index in [9.17, 15) is 0 Å². The molecule has 2 aliphatic rings. The van der Waals surface area contributed by atoms with Crippen LogP contribution in [0.3, 0.4) is 0 Å². The van der Waals surface area contributed by atoms with Gasteiger partial charge in [0.05, 0.1) is 10.1 Å². The van der Waals surface area contributed by atoms with Crippen molar-refractivity contribution in [1.29, 1.82) is 0 Å². The second kappa shape index (κ2) is 6.07. The van der Waals surface area contributed by atoms with Crippen LogP contribution < -0.4 is 0 Å². The van der Waals surface area contributed by atoms with Crippen molar-refractivity contribution in [2.75, 3.05) is 14.2 Å². The SMILES string of the molecule is CO[Si](OC)(C1(C)C(C)=C(C)C(C)=C1C)C1(C)C(C)=C(C)C(C)=C1C. The molecule has 3 heteroatoms. The van der Waals surface area contributed by atoms with Gasteiger partial charge in [-0.05, 0) is 91.5 Å². The van der Waals surface area contributed by atoms with Crippen molar-refractivity contribution in [2.24, 2.45) is 0 Å². The third kappa shape index (κ3) is 2.03. The molecule has 2 aliphatic carbocycles. The Morgan fingerprint density at radius 1 is 0.520 bits per heavy atom. The smallest absolute Gasteiger partial charge is 0.366 e. The zero-order chi connectivity index (χ0) is 19.5. The van der Waals surface area contributed by atoms with Crippen molar-refractivity contribution in [1.82, 2.24) is 0 Å². The molecular formula is C22H36O2Si. The summed E-state index contributed by atoms with van der Waals surface area (Å²) in [5, 5.41) is -0.375. The van der Waals surface area contributed by atoms with Crippen LogP contribution in [0.25, 0.3) is 0 Å². The van der Waals surface area contributed by atoms with Crippen molar-refractivity contribution in [3.8, 4) is 0 Å². The highest BCUT2D eigenvalue weighted by Gasteiger charge is 2.70. The van der Waals surface area contributed by atoms with Crippen molar-refractivity contribution < 1.29 is 8.85 Å². The Morgan fingerprint density at radius 2 is 0.720 bits per heavy atom. The Bertz CT molecular complexity index is 634. The summed E-state index contributed by atoms with van der Waals surface area (Å²) in [6.07, 6.45) is 0. The molecule has 2 rings (SSSR count). The molecule has 0 bridgehead atoms. The minimum absolute atomic E-state index is 0.188. The van der Waals surface area contributed by atoms with Crippen LogP contribution in [0.5, 0.6) is 0 Å². The molecule has 140 valence electrons. The van der Waals surface area contributed by atoms with Crippen LogP contribution >= 0.6 is 0 Å². The maximum Gasteiger partial charge on any atom is 0.366 e. The van der Waals surface area contributed by atoms with E-state index in [1.807, 2.05) is 14.2 Å². The lowest BCUT2D eigenvalue weighted by atomic mass is 9.96. The van der Waals surface area contributed by atoms with Gasteiger partial charge in [-0.2, -0.15) is 0 Å². The Balaban J connectivity index is 2.93. The molecule has 0 atom stereocenters. The lowest BCUT2D eigenvalue weighted by Gasteiger charge is -2.53. The Labute approximate surface area is 155 Å². The standard InChI is InChI=1S/C22H36O2Si/c1-13-14(2)18(6)21(9,17(13)5)25(23-11,24-12)22(10)19(7)15(3)16(4)20(22)8/h1-12H3. The predicted molar refractivity (Wildman–Crippen MR) is 110 cm³/mol. The average molecular weight is 361 g/mol. The van der Waals surface area contributed by atoms with E-state index >= 15 is 0 Å². The summed E-state index contributed by atoms with van der Waals surface area (Å²) >= 11 is 0. The van der Waals surface area contributed by atoms with Crippen molar-refractivity contribution in [3.05, 3.63) is 44.6 Å². The number of hydrogen-bond acceptors (Lipinski definition) is 2. The molecule has 2 nitrogen and oxygen atoms in total. The molecule has 0 spiro atoms. The fourth-order valence-electron chi connectivity index (χ4n) is 5.57. The Kier molecular flexibility index (Phi) is 4.96. The molecule has 0 aliphatic heterocycles. The zero-order valence-corrected chi connectivity index (χ0v) is 19.3. The molecule has 0 unspecified atom stereocenters. The van der Waals surface area contributed by atoms with Gasteiger partial charge in [0.15, 0.2) is 0 Å². The fourth-order valence-corrected chi connectivity index (χ4v) is 11.1. The van der Waals surface area contributed by atoms with E-state index in [0.29, 0.717) is 0 Å². The van der Waals surface area contributed by atoms with Gasteiger partial charge in [-0.25, -0.2) is 0 Å². The lowest BCUT2D eigenvalue weighted by molar-refractivity contribution is 0.201. The lowest BCUT2D eigenvalue weighted by Crippen LogP contribution is -2.60. The quantitative estimate of drug-likeness (QED) is 0.525. The van der Waals surface area contributed by atoms with E-state index in [-0.39, 0.29) is 10.1 Å². The predicted octanol–water partition coefficient (Wildman–Crippen LogP) is 6.61.